The fraction of sp³-hybridized carbons (Fsp3) is 0.444. The van der Waals surface area contributed by atoms with Crippen LogP contribution >= 0.6 is 11.6 Å². The molecule has 3 rings (SSSR count). The van der Waals surface area contributed by atoms with Gasteiger partial charge in [-0.3, -0.25) is 0 Å². The lowest BCUT2D eigenvalue weighted by molar-refractivity contribution is 0.433. The van der Waals surface area contributed by atoms with Gasteiger partial charge in [0.25, 0.3) is 0 Å². The summed E-state index contributed by atoms with van der Waals surface area (Å²) in [5.41, 5.74) is 2.01. The average molecular weight is 395 g/mol. The lowest BCUT2D eigenvalue weighted by Crippen LogP contribution is -2.35. The minimum absolute atomic E-state index is 0.278. The molecule has 26 heavy (non-hydrogen) atoms. The molecule has 0 spiro atoms. The van der Waals surface area contributed by atoms with Gasteiger partial charge in [-0.25, -0.2) is 18.4 Å². The standard InChI is InChI=1S/C18H23ClN4O2S/c1-13-14(2)20-15(3)21-18(13)22-9-4-10-23(12-11-22)26(24,25)17-7-5-16(19)6-8-17/h5-8H,4,9-12H2,1-3H3. The van der Waals surface area contributed by atoms with Crippen molar-refractivity contribution in [1.82, 2.24) is 14.3 Å². The van der Waals surface area contributed by atoms with Crippen molar-refractivity contribution < 1.29 is 8.42 Å². The predicted molar refractivity (Wildman–Crippen MR) is 103 cm³/mol. The number of benzene rings is 1. The molecular formula is C18H23ClN4O2S. The highest BCUT2D eigenvalue weighted by Gasteiger charge is 2.27. The van der Waals surface area contributed by atoms with E-state index < -0.39 is 10.0 Å². The SMILES string of the molecule is Cc1nc(C)c(C)c(N2CCCN(S(=O)(=O)c3ccc(Cl)cc3)CC2)n1. The minimum atomic E-state index is -3.52. The van der Waals surface area contributed by atoms with Gasteiger partial charge in [0.2, 0.25) is 10.0 Å². The molecule has 2 heterocycles. The molecule has 1 aliphatic rings. The van der Waals surface area contributed by atoms with Crippen molar-refractivity contribution >= 4 is 27.4 Å². The predicted octanol–water partition coefficient (Wildman–Crippen LogP) is 2.96. The summed E-state index contributed by atoms with van der Waals surface area (Å²) in [6.45, 7) is 8.15. The maximum absolute atomic E-state index is 12.9. The second kappa shape index (κ2) is 7.50. The maximum Gasteiger partial charge on any atom is 0.243 e. The lowest BCUT2D eigenvalue weighted by atomic mass is 10.2. The first kappa shape index (κ1) is 19.1. The Morgan fingerprint density at radius 2 is 1.65 bits per heavy atom. The first-order valence-corrected chi connectivity index (χ1v) is 10.4. The number of rotatable bonds is 3. The first-order chi connectivity index (χ1) is 12.3. The number of aryl methyl sites for hydroxylation is 2. The van der Waals surface area contributed by atoms with E-state index in [0.717, 1.165) is 35.9 Å². The zero-order chi connectivity index (χ0) is 18.9. The third-order valence-electron chi connectivity index (χ3n) is 4.68. The van der Waals surface area contributed by atoms with Crippen molar-refractivity contribution in [3.8, 4) is 0 Å². The molecule has 0 bridgehead atoms. The van der Waals surface area contributed by atoms with E-state index in [1.54, 1.807) is 28.6 Å². The van der Waals surface area contributed by atoms with Gasteiger partial charge < -0.3 is 4.90 Å². The van der Waals surface area contributed by atoms with E-state index in [-0.39, 0.29) is 4.90 Å². The van der Waals surface area contributed by atoms with Crippen molar-refractivity contribution in [3.63, 3.8) is 0 Å². The fourth-order valence-electron chi connectivity index (χ4n) is 3.16. The number of halogens is 1. The molecule has 1 aromatic heterocycles. The molecule has 8 heteroatoms. The van der Waals surface area contributed by atoms with Crippen LogP contribution in [0.4, 0.5) is 5.82 Å². The van der Waals surface area contributed by atoms with Crippen LogP contribution in [0.15, 0.2) is 29.2 Å². The van der Waals surface area contributed by atoms with Crippen LogP contribution < -0.4 is 4.90 Å². The largest absolute Gasteiger partial charge is 0.355 e. The Morgan fingerprint density at radius 3 is 2.35 bits per heavy atom. The molecule has 1 aliphatic heterocycles. The molecule has 0 unspecified atom stereocenters. The number of sulfonamides is 1. The van der Waals surface area contributed by atoms with Crippen LogP contribution in [0, 0.1) is 20.8 Å². The molecule has 0 N–H and O–H groups in total. The minimum Gasteiger partial charge on any atom is -0.355 e. The van der Waals surface area contributed by atoms with Gasteiger partial charge in [0.1, 0.15) is 11.6 Å². The van der Waals surface area contributed by atoms with Crippen LogP contribution in [0.25, 0.3) is 0 Å². The van der Waals surface area contributed by atoms with E-state index in [0.29, 0.717) is 24.7 Å². The van der Waals surface area contributed by atoms with Crippen LogP contribution in [0.3, 0.4) is 0 Å². The highest BCUT2D eigenvalue weighted by molar-refractivity contribution is 7.89. The van der Waals surface area contributed by atoms with Crippen molar-refractivity contribution in [1.29, 1.82) is 0 Å². The van der Waals surface area contributed by atoms with Gasteiger partial charge in [0, 0.05) is 42.5 Å². The zero-order valence-corrected chi connectivity index (χ0v) is 16.8. The van der Waals surface area contributed by atoms with Crippen LogP contribution in [-0.4, -0.2) is 48.9 Å². The van der Waals surface area contributed by atoms with E-state index in [1.807, 2.05) is 20.8 Å². The average Bonchev–Trinajstić information content (AvgIpc) is 2.85. The van der Waals surface area contributed by atoms with E-state index in [9.17, 15) is 8.42 Å². The fourth-order valence-corrected chi connectivity index (χ4v) is 4.76. The summed E-state index contributed by atoms with van der Waals surface area (Å²) in [6, 6.07) is 6.33. The van der Waals surface area contributed by atoms with Gasteiger partial charge in [-0.15, -0.1) is 0 Å². The molecule has 0 atom stereocenters. The molecule has 0 amide bonds. The number of nitrogens with zero attached hydrogens (tertiary/aromatic N) is 4. The molecule has 0 saturated carbocycles. The van der Waals surface area contributed by atoms with Crippen molar-refractivity contribution in [2.45, 2.75) is 32.1 Å². The summed E-state index contributed by atoms with van der Waals surface area (Å²) in [5, 5.41) is 0.524. The molecule has 1 aromatic carbocycles. The van der Waals surface area contributed by atoms with E-state index in [1.165, 1.54) is 0 Å². The molecule has 140 valence electrons. The van der Waals surface area contributed by atoms with Gasteiger partial charge in [0.05, 0.1) is 4.90 Å². The number of hydrogen-bond acceptors (Lipinski definition) is 5. The van der Waals surface area contributed by atoms with Gasteiger partial charge in [-0.1, -0.05) is 11.6 Å². The van der Waals surface area contributed by atoms with Gasteiger partial charge in [-0.05, 0) is 51.5 Å². The topological polar surface area (TPSA) is 66.4 Å². The Hall–Kier alpha value is -1.70. The smallest absolute Gasteiger partial charge is 0.243 e. The first-order valence-electron chi connectivity index (χ1n) is 8.61. The molecule has 6 nitrogen and oxygen atoms in total. The molecule has 1 saturated heterocycles. The summed E-state index contributed by atoms with van der Waals surface area (Å²) >= 11 is 5.87. The highest BCUT2D eigenvalue weighted by Crippen LogP contribution is 2.24. The molecule has 0 radical (unpaired) electrons. The molecule has 1 fully saturated rings. The Bertz CT molecular complexity index is 900. The van der Waals surface area contributed by atoms with Crippen LogP contribution in [0.2, 0.25) is 5.02 Å². The van der Waals surface area contributed by atoms with Crippen LogP contribution in [0.1, 0.15) is 23.5 Å². The second-order valence-corrected chi connectivity index (χ2v) is 8.88. The van der Waals surface area contributed by atoms with Crippen molar-refractivity contribution in [2.75, 3.05) is 31.1 Å². The van der Waals surface area contributed by atoms with E-state index in [4.69, 9.17) is 11.6 Å². The van der Waals surface area contributed by atoms with Gasteiger partial charge in [-0.2, -0.15) is 4.31 Å². The monoisotopic (exact) mass is 394 g/mol. The summed E-state index contributed by atoms with van der Waals surface area (Å²) in [4.78, 5) is 11.4. The second-order valence-electron chi connectivity index (χ2n) is 6.50. The number of hydrogen-bond donors (Lipinski definition) is 0. The Kier molecular flexibility index (Phi) is 5.50. The number of anilines is 1. The summed E-state index contributed by atoms with van der Waals surface area (Å²) < 4.78 is 27.4. The summed E-state index contributed by atoms with van der Waals surface area (Å²) in [5.74, 6) is 1.64. The maximum atomic E-state index is 12.9. The molecular weight excluding hydrogens is 372 g/mol. The number of aromatic nitrogens is 2. The van der Waals surface area contributed by atoms with Crippen molar-refractivity contribution in [2.24, 2.45) is 0 Å². The van der Waals surface area contributed by atoms with Gasteiger partial charge >= 0.3 is 0 Å². The van der Waals surface area contributed by atoms with E-state index >= 15 is 0 Å². The lowest BCUT2D eigenvalue weighted by Gasteiger charge is -2.24. The normalized spacial score (nSPS) is 16.5. The summed E-state index contributed by atoms with van der Waals surface area (Å²) in [7, 11) is -3.52. The highest BCUT2D eigenvalue weighted by atomic mass is 35.5. The Balaban J connectivity index is 1.81. The molecule has 0 aliphatic carbocycles. The molecule has 2 aromatic rings. The Labute approximate surface area is 159 Å². The van der Waals surface area contributed by atoms with Crippen LogP contribution in [0.5, 0.6) is 0 Å². The zero-order valence-electron chi connectivity index (χ0n) is 15.2. The van der Waals surface area contributed by atoms with Crippen molar-refractivity contribution in [3.05, 3.63) is 46.4 Å². The van der Waals surface area contributed by atoms with Gasteiger partial charge in [0.15, 0.2) is 0 Å². The third kappa shape index (κ3) is 3.84. The third-order valence-corrected chi connectivity index (χ3v) is 6.85. The Morgan fingerprint density at radius 1 is 0.962 bits per heavy atom. The summed E-state index contributed by atoms with van der Waals surface area (Å²) in [6.07, 6.45) is 0.744. The quantitative estimate of drug-likeness (QED) is 0.800. The van der Waals surface area contributed by atoms with Crippen LogP contribution in [-0.2, 0) is 10.0 Å². The van der Waals surface area contributed by atoms with E-state index in [2.05, 4.69) is 14.9 Å².